The predicted octanol–water partition coefficient (Wildman–Crippen LogP) is 6.11. The molecule has 1 fully saturated rings. The predicted molar refractivity (Wildman–Crippen MR) is 134 cm³/mol. The number of aromatic nitrogens is 2. The molecule has 0 amide bonds. The first-order valence-electron chi connectivity index (χ1n) is 11.0. The minimum atomic E-state index is -0.305. The second-order valence-electron chi connectivity index (χ2n) is 8.45. The molecule has 0 aliphatic carbocycles. The Morgan fingerprint density at radius 2 is 1.73 bits per heavy atom. The van der Waals surface area contributed by atoms with Crippen LogP contribution in [0.3, 0.4) is 0 Å². The van der Waals surface area contributed by atoms with E-state index in [0.29, 0.717) is 10.8 Å². The van der Waals surface area contributed by atoms with Crippen molar-refractivity contribution in [1.29, 1.82) is 0 Å². The van der Waals surface area contributed by atoms with E-state index in [9.17, 15) is 4.39 Å². The van der Waals surface area contributed by atoms with Gasteiger partial charge in [0.2, 0.25) is 0 Å². The molecule has 2 aromatic heterocycles. The van der Waals surface area contributed by atoms with E-state index < -0.39 is 0 Å². The maximum atomic E-state index is 15.0. The largest absolute Gasteiger partial charge is 0.351 e. The highest BCUT2D eigenvalue weighted by molar-refractivity contribution is 7.80. The lowest BCUT2D eigenvalue weighted by Gasteiger charge is -2.28. The van der Waals surface area contributed by atoms with Gasteiger partial charge in [-0.05, 0) is 86.6 Å². The number of halogens is 1. The van der Waals surface area contributed by atoms with Crippen molar-refractivity contribution in [3.8, 4) is 5.69 Å². The Bertz CT molecular complexity index is 1330. The first-order valence-corrected chi connectivity index (χ1v) is 11.4. The molecule has 4 nitrogen and oxygen atoms in total. The van der Waals surface area contributed by atoms with E-state index in [0.717, 1.165) is 28.3 Å². The molecule has 33 heavy (non-hydrogen) atoms. The van der Waals surface area contributed by atoms with Gasteiger partial charge in [-0.15, -0.1) is 0 Å². The van der Waals surface area contributed by atoms with Gasteiger partial charge in [0.1, 0.15) is 5.82 Å². The second-order valence-corrected chi connectivity index (χ2v) is 8.84. The van der Waals surface area contributed by atoms with E-state index in [1.54, 1.807) is 18.3 Å². The molecule has 166 valence electrons. The molecule has 0 bridgehead atoms. The number of hydrogen-bond acceptors (Lipinski definition) is 2. The molecular formula is C27H25FN4S. The Balaban J connectivity index is 1.70. The third-order valence-electron chi connectivity index (χ3n) is 6.26. The average molecular weight is 457 g/mol. The number of pyridine rings is 1. The van der Waals surface area contributed by atoms with Gasteiger partial charge in [0.25, 0.3) is 0 Å². The van der Waals surface area contributed by atoms with Crippen molar-refractivity contribution < 1.29 is 4.39 Å². The third kappa shape index (κ3) is 3.70. The molecule has 6 heteroatoms. The zero-order valence-corrected chi connectivity index (χ0v) is 19.6. The van der Waals surface area contributed by atoms with E-state index in [2.05, 4.69) is 66.0 Å². The SMILES string of the molecule is Cc1cccc(-n2c(C)cc([C@@H]3[C@H](c4ccccn4)NC(=S)N3c3ccccc3F)c2C)c1. The first kappa shape index (κ1) is 21.3. The van der Waals surface area contributed by atoms with Crippen LogP contribution >= 0.6 is 12.2 Å². The fourth-order valence-electron chi connectivity index (χ4n) is 4.83. The molecule has 4 aromatic rings. The van der Waals surface area contributed by atoms with Crippen LogP contribution in [-0.4, -0.2) is 14.7 Å². The van der Waals surface area contributed by atoms with Gasteiger partial charge in [0.15, 0.2) is 5.11 Å². The highest BCUT2D eigenvalue weighted by Crippen LogP contribution is 2.44. The summed E-state index contributed by atoms with van der Waals surface area (Å²) in [4.78, 5) is 6.50. The minimum absolute atomic E-state index is 0.218. The fraction of sp³-hybridized carbons (Fsp3) is 0.185. The van der Waals surface area contributed by atoms with Crippen molar-refractivity contribution in [2.24, 2.45) is 0 Å². The zero-order valence-electron chi connectivity index (χ0n) is 18.8. The molecule has 2 atom stereocenters. The molecule has 2 aromatic carbocycles. The van der Waals surface area contributed by atoms with Crippen LogP contribution < -0.4 is 10.2 Å². The number of para-hydroxylation sites is 1. The molecule has 1 saturated heterocycles. The van der Waals surface area contributed by atoms with E-state index in [-0.39, 0.29) is 17.9 Å². The third-order valence-corrected chi connectivity index (χ3v) is 6.57. The average Bonchev–Trinajstić information content (AvgIpc) is 3.30. The quantitative estimate of drug-likeness (QED) is 0.376. The Morgan fingerprint density at radius 1 is 0.939 bits per heavy atom. The lowest BCUT2D eigenvalue weighted by Crippen LogP contribution is -2.30. The standard InChI is InChI=1S/C27H25FN4S/c1-17-9-8-10-20(15-17)31-18(2)16-21(19(31)3)26-25(23-12-6-7-14-29-23)30-27(33)32(26)24-13-5-4-11-22(24)28/h4-16,25-26H,1-3H3,(H,30,33)/t25-,26+/m0/s1. The van der Waals surface area contributed by atoms with Crippen molar-refractivity contribution in [3.63, 3.8) is 0 Å². The maximum absolute atomic E-state index is 15.0. The summed E-state index contributed by atoms with van der Waals surface area (Å²) in [6, 6.07) is 22.8. The summed E-state index contributed by atoms with van der Waals surface area (Å²) in [6.07, 6.45) is 1.78. The summed E-state index contributed by atoms with van der Waals surface area (Å²) in [5, 5.41) is 3.91. The monoisotopic (exact) mass is 456 g/mol. The van der Waals surface area contributed by atoms with Crippen LogP contribution in [0.1, 0.15) is 40.3 Å². The molecule has 0 saturated carbocycles. The number of rotatable bonds is 4. The maximum Gasteiger partial charge on any atom is 0.174 e. The Labute approximate surface area is 198 Å². The van der Waals surface area contributed by atoms with Crippen molar-refractivity contribution in [2.45, 2.75) is 32.9 Å². The number of aryl methyl sites for hydroxylation is 2. The fourth-order valence-corrected chi connectivity index (χ4v) is 5.17. The van der Waals surface area contributed by atoms with E-state index in [1.165, 1.54) is 11.6 Å². The zero-order chi connectivity index (χ0) is 23.1. The summed E-state index contributed by atoms with van der Waals surface area (Å²) in [5.41, 5.74) is 6.92. The van der Waals surface area contributed by atoms with E-state index in [4.69, 9.17) is 12.2 Å². The molecule has 0 spiro atoms. The van der Waals surface area contributed by atoms with Gasteiger partial charge in [0, 0.05) is 23.3 Å². The van der Waals surface area contributed by atoms with Gasteiger partial charge in [-0.3, -0.25) is 4.98 Å². The van der Waals surface area contributed by atoms with Crippen molar-refractivity contribution in [2.75, 3.05) is 4.90 Å². The second kappa shape index (κ2) is 8.45. The summed E-state index contributed by atoms with van der Waals surface area (Å²) >= 11 is 5.74. The lowest BCUT2D eigenvalue weighted by atomic mass is 9.96. The topological polar surface area (TPSA) is 33.1 Å². The number of hydrogen-bond donors (Lipinski definition) is 1. The summed E-state index contributed by atoms with van der Waals surface area (Å²) in [7, 11) is 0. The Hall–Kier alpha value is -3.51. The smallest absolute Gasteiger partial charge is 0.174 e. The van der Waals surface area contributed by atoms with Gasteiger partial charge in [-0.2, -0.15) is 0 Å². The summed E-state index contributed by atoms with van der Waals surface area (Å²) < 4.78 is 17.2. The lowest BCUT2D eigenvalue weighted by molar-refractivity contribution is 0.556. The van der Waals surface area contributed by atoms with Crippen LogP contribution in [0.5, 0.6) is 0 Å². The summed E-state index contributed by atoms with van der Waals surface area (Å²) in [6.45, 7) is 6.30. The molecule has 0 unspecified atom stereocenters. The molecule has 3 heterocycles. The van der Waals surface area contributed by atoms with E-state index in [1.807, 2.05) is 29.2 Å². The van der Waals surface area contributed by atoms with Crippen LogP contribution in [0.4, 0.5) is 10.1 Å². The molecule has 1 N–H and O–H groups in total. The number of nitrogens with zero attached hydrogens (tertiary/aromatic N) is 3. The van der Waals surface area contributed by atoms with Crippen LogP contribution in [-0.2, 0) is 0 Å². The highest BCUT2D eigenvalue weighted by atomic mass is 32.1. The minimum Gasteiger partial charge on any atom is -0.351 e. The molecule has 5 rings (SSSR count). The first-order chi connectivity index (χ1) is 16.0. The van der Waals surface area contributed by atoms with Crippen LogP contribution in [0.2, 0.25) is 0 Å². The highest BCUT2D eigenvalue weighted by Gasteiger charge is 2.43. The van der Waals surface area contributed by atoms with Gasteiger partial charge < -0.3 is 14.8 Å². The van der Waals surface area contributed by atoms with Crippen LogP contribution in [0, 0.1) is 26.6 Å². The summed E-state index contributed by atoms with van der Waals surface area (Å²) in [5.74, 6) is -0.305. The molecule has 1 aliphatic heterocycles. The van der Waals surface area contributed by atoms with Crippen molar-refractivity contribution in [3.05, 3.63) is 113 Å². The number of anilines is 1. The van der Waals surface area contributed by atoms with Gasteiger partial charge in [0.05, 0.1) is 23.5 Å². The van der Waals surface area contributed by atoms with Gasteiger partial charge in [-0.25, -0.2) is 4.39 Å². The molecule has 1 aliphatic rings. The number of thiocarbonyl (C=S) groups is 1. The van der Waals surface area contributed by atoms with Crippen LogP contribution in [0.25, 0.3) is 5.69 Å². The van der Waals surface area contributed by atoms with Crippen molar-refractivity contribution >= 4 is 23.0 Å². The number of nitrogens with one attached hydrogen (secondary N) is 1. The Kier molecular flexibility index (Phi) is 5.46. The van der Waals surface area contributed by atoms with Gasteiger partial charge >= 0.3 is 0 Å². The van der Waals surface area contributed by atoms with Crippen molar-refractivity contribution in [1.82, 2.24) is 14.9 Å². The van der Waals surface area contributed by atoms with Gasteiger partial charge in [-0.1, -0.05) is 30.3 Å². The molecule has 0 radical (unpaired) electrons. The normalized spacial score (nSPS) is 17.9. The van der Waals surface area contributed by atoms with Crippen LogP contribution in [0.15, 0.2) is 79.0 Å². The Morgan fingerprint density at radius 3 is 2.45 bits per heavy atom. The molecular weight excluding hydrogens is 431 g/mol. The number of benzene rings is 2. The van der Waals surface area contributed by atoms with E-state index >= 15 is 0 Å².